The van der Waals surface area contributed by atoms with Crippen molar-refractivity contribution in [2.75, 3.05) is 39.3 Å². The zero-order valence-electron chi connectivity index (χ0n) is 34.0. The van der Waals surface area contributed by atoms with Crippen molar-refractivity contribution in [3.8, 4) is 11.5 Å². The third-order valence-corrected chi connectivity index (χ3v) is 17.9. The van der Waals surface area contributed by atoms with Crippen molar-refractivity contribution < 1.29 is 19.1 Å². The zero-order chi connectivity index (χ0) is 38.3. The van der Waals surface area contributed by atoms with Crippen molar-refractivity contribution in [1.29, 1.82) is 0 Å². The number of aliphatic hydroxyl groups excluding tert-OH is 1. The number of benzene rings is 1. The van der Waals surface area contributed by atoms with E-state index in [2.05, 4.69) is 90.5 Å². The van der Waals surface area contributed by atoms with Crippen LogP contribution in [0.2, 0.25) is 0 Å². The molecule has 1 saturated heterocycles. The Balaban J connectivity index is 0.919. The van der Waals surface area contributed by atoms with Gasteiger partial charge in [0.25, 0.3) is 0 Å². The molecule has 1 aliphatic heterocycles. The summed E-state index contributed by atoms with van der Waals surface area (Å²) in [5.41, 5.74) is 2.52. The molecule has 10 atom stereocenters. The summed E-state index contributed by atoms with van der Waals surface area (Å²) in [5.74, 6) is 3.68. The van der Waals surface area contributed by atoms with Crippen molar-refractivity contribution in [3.05, 3.63) is 46.3 Å². The number of rotatable bonds is 7. The van der Waals surface area contributed by atoms with Crippen molar-refractivity contribution >= 4 is 21.9 Å². The number of ether oxygens (including phenoxy) is 1. The molecular formula is C45H65BrN4O4. The van der Waals surface area contributed by atoms with Gasteiger partial charge in [0.05, 0.1) is 18.1 Å². The van der Waals surface area contributed by atoms with Gasteiger partial charge < -0.3 is 14.3 Å². The summed E-state index contributed by atoms with van der Waals surface area (Å²) >= 11 is 3.52. The molecule has 9 heteroatoms. The van der Waals surface area contributed by atoms with E-state index < -0.39 is 5.41 Å². The van der Waals surface area contributed by atoms with Gasteiger partial charge in [-0.3, -0.25) is 14.6 Å². The average molecular weight is 806 g/mol. The maximum atomic E-state index is 14.6. The van der Waals surface area contributed by atoms with Crippen LogP contribution in [0.1, 0.15) is 112 Å². The number of esters is 1. The lowest BCUT2D eigenvalue weighted by Gasteiger charge is -2.71. The Bertz CT molecular complexity index is 1750. The van der Waals surface area contributed by atoms with E-state index in [0.717, 1.165) is 87.7 Å². The minimum absolute atomic E-state index is 0.0495. The maximum Gasteiger partial charge on any atom is 0.312 e. The highest BCUT2D eigenvalue weighted by molar-refractivity contribution is 9.10. The van der Waals surface area contributed by atoms with Crippen LogP contribution in [0.25, 0.3) is 11.5 Å². The maximum absolute atomic E-state index is 14.6. The average Bonchev–Trinajstić information content (AvgIpc) is 3.61. The van der Waals surface area contributed by atoms with E-state index in [0.29, 0.717) is 48.6 Å². The number of piperazine rings is 1. The van der Waals surface area contributed by atoms with Gasteiger partial charge in [-0.25, -0.2) is 0 Å². The molecule has 2 aromatic rings. The van der Waals surface area contributed by atoms with E-state index in [1.54, 1.807) is 5.57 Å². The van der Waals surface area contributed by atoms with E-state index in [1.807, 2.05) is 24.3 Å². The molecular weight excluding hydrogens is 740 g/mol. The van der Waals surface area contributed by atoms with E-state index in [-0.39, 0.29) is 39.7 Å². The highest BCUT2D eigenvalue weighted by Gasteiger charge is 2.69. The summed E-state index contributed by atoms with van der Waals surface area (Å²) in [6, 6.07) is 7.92. The Morgan fingerprint density at radius 1 is 0.944 bits per heavy atom. The molecule has 1 N–H and O–H groups in total. The summed E-state index contributed by atoms with van der Waals surface area (Å²) < 4.78 is 13.4. The summed E-state index contributed by atoms with van der Waals surface area (Å²) in [7, 11) is 0. The minimum atomic E-state index is -0.421. The molecule has 8 nitrogen and oxygen atoms in total. The number of carbonyl (C=O) groups excluding carboxylic acids is 1. The quantitative estimate of drug-likeness (QED) is 0.219. The fourth-order valence-corrected chi connectivity index (χ4v) is 14.1. The lowest BCUT2D eigenvalue weighted by molar-refractivity contribution is -0.207. The first kappa shape index (κ1) is 38.8. The van der Waals surface area contributed by atoms with Crippen LogP contribution in [0.15, 0.2) is 44.8 Å². The van der Waals surface area contributed by atoms with E-state index in [4.69, 9.17) is 9.15 Å². The molecule has 0 bridgehead atoms. The normalized spacial score (nSPS) is 40.8. The number of fused-ring (bicyclic) bond motifs is 7. The Morgan fingerprint density at radius 2 is 1.70 bits per heavy atom. The molecule has 5 fully saturated rings. The first-order valence-corrected chi connectivity index (χ1v) is 22.0. The molecule has 1 aromatic heterocycles. The fourth-order valence-electron chi connectivity index (χ4n) is 13.7. The van der Waals surface area contributed by atoms with Crippen molar-refractivity contribution in [3.63, 3.8) is 0 Å². The highest BCUT2D eigenvalue weighted by Crippen LogP contribution is 2.75. The fraction of sp³-hybridized carbons (Fsp3) is 0.756. The van der Waals surface area contributed by atoms with Crippen LogP contribution in [0.3, 0.4) is 0 Å². The number of aliphatic hydroxyl groups is 1. The Morgan fingerprint density at radius 3 is 2.46 bits per heavy atom. The van der Waals surface area contributed by atoms with Gasteiger partial charge in [-0.15, -0.1) is 10.2 Å². The van der Waals surface area contributed by atoms with Gasteiger partial charge >= 0.3 is 5.97 Å². The number of allylic oxidation sites excluding steroid dienone is 2. The molecule has 6 aliphatic rings. The number of aromatic nitrogens is 2. The van der Waals surface area contributed by atoms with Gasteiger partial charge in [-0.2, -0.15) is 0 Å². The SMILES string of the molecule is C[C@H]1[C@H](C)CC[C@]2(C(=O)OCCN3CCN(Cc4nnc(-c5cccc(Br)c5)o4)CC3)CC[C@]3(C)C(=CC[C@@H]4[C@@]5(C)CC[C@H](O)C(C)(C)[C@@H]5CC[C@]43C)[C@H]12. The number of carbonyl (C=O) groups is 1. The molecule has 0 amide bonds. The van der Waals surface area contributed by atoms with Crippen LogP contribution in [-0.2, 0) is 16.1 Å². The predicted octanol–water partition coefficient (Wildman–Crippen LogP) is 9.18. The first-order valence-electron chi connectivity index (χ1n) is 21.2. The van der Waals surface area contributed by atoms with Crippen molar-refractivity contribution in [1.82, 2.24) is 20.0 Å². The molecule has 1 aromatic carbocycles. The Kier molecular flexibility index (Phi) is 10.1. The van der Waals surface area contributed by atoms with Crippen molar-refractivity contribution in [2.45, 2.75) is 119 Å². The molecule has 0 radical (unpaired) electrons. The van der Waals surface area contributed by atoms with Crippen molar-refractivity contribution in [2.24, 2.45) is 56.7 Å². The van der Waals surface area contributed by atoms with Gasteiger partial charge in [-0.1, -0.05) is 82.1 Å². The summed E-state index contributed by atoms with van der Waals surface area (Å²) in [6.45, 7) is 22.9. The third kappa shape index (κ3) is 6.11. The molecule has 54 heavy (non-hydrogen) atoms. The van der Waals surface area contributed by atoms with E-state index >= 15 is 0 Å². The Hall–Kier alpha value is -2.07. The van der Waals surface area contributed by atoms with Gasteiger partial charge in [0, 0.05) is 42.8 Å². The second-order valence-electron chi connectivity index (χ2n) is 19.9. The third-order valence-electron chi connectivity index (χ3n) is 17.4. The van der Waals surface area contributed by atoms with Crippen LogP contribution in [0, 0.1) is 56.7 Å². The number of halogens is 1. The van der Waals surface area contributed by atoms with Gasteiger partial charge in [0.2, 0.25) is 11.8 Å². The van der Waals surface area contributed by atoms with Crippen LogP contribution in [-0.4, -0.2) is 76.5 Å². The molecule has 8 rings (SSSR count). The van der Waals surface area contributed by atoms with E-state index in [1.165, 1.54) is 12.8 Å². The lowest BCUT2D eigenvalue weighted by Crippen LogP contribution is -2.65. The molecule has 4 saturated carbocycles. The number of hydrogen-bond donors (Lipinski definition) is 1. The molecule has 0 spiro atoms. The Labute approximate surface area is 332 Å². The van der Waals surface area contributed by atoms with Crippen LogP contribution in [0.4, 0.5) is 0 Å². The predicted molar refractivity (Wildman–Crippen MR) is 215 cm³/mol. The molecule has 296 valence electrons. The molecule has 2 heterocycles. The zero-order valence-corrected chi connectivity index (χ0v) is 35.6. The standard InChI is InChI=1S/C45H65BrN4O4/c1-29-13-18-45(40(52)53-26-25-49-21-23-50(24-22-49)28-37-47-48-39(54-37)31-9-8-10-32(46)27-31)20-19-43(6)33(38(45)30(29)2)11-12-35-42(5)16-15-36(51)41(3,4)34(42)14-17-44(35,43)7/h8-11,27,29-30,34-36,38,51H,12-26,28H2,1-7H3/t29-,30+,34+,35-,36+,38+,42+,43-,44-,45+/m1/s1. The van der Waals surface area contributed by atoms with Gasteiger partial charge in [0.1, 0.15) is 6.61 Å². The smallest absolute Gasteiger partial charge is 0.312 e. The number of nitrogens with zero attached hydrogens (tertiary/aromatic N) is 4. The topological polar surface area (TPSA) is 91.9 Å². The van der Waals surface area contributed by atoms with Crippen LogP contribution in [0.5, 0.6) is 0 Å². The first-order chi connectivity index (χ1) is 25.6. The summed E-state index contributed by atoms with van der Waals surface area (Å²) in [6.07, 6.45) is 12.0. The summed E-state index contributed by atoms with van der Waals surface area (Å²) in [4.78, 5) is 19.4. The molecule has 0 unspecified atom stereocenters. The lowest BCUT2D eigenvalue weighted by atomic mass is 9.33. The largest absolute Gasteiger partial charge is 0.464 e. The molecule has 5 aliphatic carbocycles. The minimum Gasteiger partial charge on any atom is -0.464 e. The van der Waals surface area contributed by atoms with Gasteiger partial charge in [-0.05, 0) is 127 Å². The summed E-state index contributed by atoms with van der Waals surface area (Å²) in [5, 5.41) is 19.7. The van der Waals surface area contributed by atoms with Gasteiger partial charge in [0.15, 0.2) is 0 Å². The second kappa shape index (κ2) is 14.1. The van der Waals surface area contributed by atoms with Crippen LogP contribution < -0.4 is 0 Å². The number of hydrogen-bond acceptors (Lipinski definition) is 8. The van der Waals surface area contributed by atoms with E-state index in [9.17, 15) is 9.90 Å². The second-order valence-corrected chi connectivity index (χ2v) is 20.9. The monoisotopic (exact) mass is 804 g/mol. The van der Waals surface area contributed by atoms with Crippen LogP contribution >= 0.6 is 15.9 Å². The highest BCUT2D eigenvalue weighted by atomic mass is 79.9.